The van der Waals surface area contributed by atoms with Crippen LogP contribution in [0.2, 0.25) is 0 Å². The van der Waals surface area contributed by atoms with Gasteiger partial charge >= 0.3 is 5.97 Å². The van der Waals surface area contributed by atoms with Gasteiger partial charge in [-0.2, -0.15) is 0 Å². The number of carbonyl (C=O) groups is 1. The van der Waals surface area contributed by atoms with Gasteiger partial charge in [0.05, 0.1) is 29.1 Å². The van der Waals surface area contributed by atoms with Crippen LogP contribution in [0.25, 0.3) is 33.4 Å². The predicted octanol–water partition coefficient (Wildman–Crippen LogP) is 6.10. The molecule has 5 aromatic rings. The predicted molar refractivity (Wildman–Crippen MR) is 129 cm³/mol. The van der Waals surface area contributed by atoms with Crippen LogP contribution in [0.5, 0.6) is 5.75 Å². The fourth-order valence-corrected chi connectivity index (χ4v) is 3.89. The van der Waals surface area contributed by atoms with Crippen LogP contribution < -0.4 is 10.2 Å². The maximum atomic E-state index is 13.9. The van der Waals surface area contributed by atoms with Crippen molar-refractivity contribution < 1.29 is 22.8 Å². The van der Waals surface area contributed by atoms with E-state index in [0.29, 0.717) is 39.5 Å². The molecule has 6 nitrogen and oxygen atoms in total. The summed E-state index contributed by atoms with van der Waals surface area (Å²) < 4.78 is 30.8. The number of oxazole rings is 1. The van der Waals surface area contributed by atoms with E-state index in [-0.39, 0.29) is 24.0 Å². The molecular weight excluding hydrogens is 449 g/mol. The van der Waals surface area contributed by atoms with Crippen molar-refractivity contribution in [3.63, 3.8) is 0 Å². The monoisotopic (exact) mass is 469 g/mol. The van der Waals surface area contributed by atoms with Crippen LogP contribution in [-0.2, 0) is 11.2 Å². The number of ether oxygens (including phenoxy) is 1. The molecule has 0 fully saturated rings. The first kappa shape index (κ1) is 22.3. The Morgan fingerprint density at radius 2 is 1.77 bits per heavy atom. The normalized spacial score (nSPS) is 11.0. The fraction of sp³-hybridized carbons (Fsp3) is 0.107. The lowest BCUT2D eigenvalue weighted by molar-refractivity contribution is -0.134. The minimum absolute atomic E-state index is 0.00514. The van der Waals surface area contributed by atoms with Crippen LogP contribution in [0.15, 0.2) is 92.6 Å². The second-order valence-corrected chi connectivity index (χ2v) is 7.96. The van der Waals surface area contributed by atoms with E-state index in [1.807, 2.05) is 30.3 Å². The molecule has 0 N–H and O–H groups in total. The van der Waals surface area contributed by atoms with Crippen LogP contribution >= 0.6 is 0 Å². The summed E-state index contributed by atoms with van der Waals surface area (Å²) in [5, 5.41) is 0.398. The smallest absolute Gasteiger partial charge is 0.311 e. The summed E-state index contributed by atoms with van der Waals surface area (Å²) >= 11 is 0. The molecule has 7 heteroatoms. The largest absolute Gasteiger partial charge is 0.460 e. The first-order valence-electron chi connectivity index (χ1n) is 11.0. The zero-order chi connectivity index (χ0) is 24.4. The third kappa shape index (κ3) is 4.61. The number of aromatic nitrogens is 1. The van der Waals surface area contributed by atoms with Gasteiger partial charge in [0.1, 0.15) is 22.9 Å². The average molecular weight is 469 g/mol. The van der Waals surface area contributed by atoms with E-state index in [9.17, 15) is 14.0 Å². The third-order valence-electron chi connectivity index (χ3n) is 5.57. The molecule has 0 radical (unpaired) electrons. The molecule has 0 saturated carbocycles. The number of halogens is 1. The zero-order valence-corrected chi connectivity index (χ0v) is 18.8. The highest BCUT2D eigenvalue weighted by Crippen LogP contribution is 2.27. The molecule has 0 saturated heterocycles. The average Bonchev–Trinajstić information content (AvgIpc) is 3.32. The number of benzene rings is 3. The van der Waals surface area contributed by atoms with Crippen molar-refractivity contribution in [3.8, 4) is 28.2 Å². The standard InChI is InChI=1S/C28H20FNO5/c1-17-27(18-7-3-2-4-8-18)28(32)21-12-11-19(15-23(21)33-17)34-26(31)14-13-25-30-16-24(35-25)20-9-5-6-10-22(20)29/h2-12,15-16H,13-14H2,1H3. The maximum absolute atomic E-state index is 13.9. The highest BCUT2D eigenvalue weighted by molar-refractivity contribution is 5.84. The summed E-state index contributed by atoms with van der Waals surface area (Å²) in [5.74, 6) is 0.414. The van der Waals surface area contributed by atoms with Gasteiger partial charge in [-0.05, 0) is 36.8 Å². The van der Waals surface area contributed by atoms with Gasteiger partial charge in [0.25, 0.3) is 0 Å². The van der Waals surface area contributed by atoms with Crippen LogP contribution in [-0.4, -0.2) is 11.0 Å². The van der Waals surface area contributed by atoms with E-state index in [2.05, 4.69) is 4.98 Å². The molecule has 0 spiro atoms. The van der Waals surface area contributed by atoms with Crippen molar-refractivity contribution in [2.45, 2.75) is 19.8 Å². The van der Waals surface area contributed by atoms with Crippen LogP contribution in [0.4, 0.5) is 4.39 Å². The van der Waals surface area contributed by atoms with E-state index in [4.69, 9.17) is 13.6 Å². The van der Waals surface area contributed by atoms with Gasteiger partial charge in [-0.15, -0.1) is 0 Å². The van der Waals surface area contributed by atoms with Crippen molar-refractivity contribution in [3.05, 3.63) is 107 Å². The van der Waals surface area contributed by atoms with E-state index >= 15 is 0 Å². The zero-order valence-electron chi connectivity index (χ0n) is 18.8. The van der Waals surface area contributed by atoms with Gasteiger partial charge in [-0.25, -0.2) is 9.37 Å². The molecule has 0 atom stereocenters. The maximum Gasteiger partial charge on any atom is 0.311 e. The first-order valence-corrected chi connectivity index (χ1v) is 11.0. The van der Waals surface area contributed by atoms with E-state index in [1.165, 1.54) is 18.3 Å². The Labute approximate surface area is 199 Å². The Bertz CT molecular complexity index is 1590. The molecule has 2 aromatic heterocycles. The Kier molecular flexibility index (Phi) is 5.97. The fourth-order valence-electron chi connectivity index (χ4n) is 3.89. The van der Waals surface area contributed by atoms with Crippen LogP contribution in [0.1, 0.15) is 18.1 Å². The van der Waals surface area contributed by atoms with Gasteiger partial charge in [-0.3, -0.25) is 9.59 Å². The summed E-state index contributed by atoms with van der Waals surface area (Å²) in [5.41, 5.74) is 1.77. The Morgan fingerprint density at radius 1 is 1.00 bits per heavy atom. The van der Waals surface area contributed by atoms with Crippen molar-refractivity contribution in [2.24, 2.45) is 0 Å². The third-order valence-corrected chi connectivity index (χ3v) is 5.57. The lowest BCUT2D eigenvalue weighted by Crippen LogP contribution is -2.10. The molecule has 0 amide bonds. The second kappa shape index (κ2) is 9.38. The number of hydrogen-bond acceptors (Lipinski definition) is 6. The number of fused-ring (bicyclic) bond motifs is 1. The summed E-state index contributed by atoms with van der Waals surface area (Å²) in [6, 6.07) is 20.2. The minimum atomic E-state index is -0.505. The first-order chi connectivity index (χ1) is 17.0. The molecule has 0 aliphatic heterocycles. The molecule has 0 aliphatic carbocycles. The van der Waals surface area contributed by atoms with Crippen LogP contribution in [0, 0.1) is 12.7 Å². The summed E-state index contributed by atoms with van der Waals surface area (Å²) in [4.78, 5) is 29.6. The number of aryl methyl sites for hydroxylation is 2. The molecule has 0 unspecified atom stereocenters. The molecule has 3 aromatic carbocycles. The molecule has 174 valence electrons. The summed E-state index contributed by atoms with van der Waals surface area (Å²) in [7, 11) is 0. The second-order valence-electron chi connectivity index (χ2n) is 7.96. The van der Waals surface area contributed by atoms with E-state index in [1.54, 1.807) is 37.3 Å². The molecule has 2 heterocycles. The lowest BCUT2D eigenvalue weighted by Gasteiger charge is -2.08. The Balaban J connectivity index is 1.29. The Hall–Kier alpha value is -4.52. The van der Waals surface area contributed by atoms with Gasteiger partial charge in [0.15, 0.2) is 11.7 Å². The number of nitrogens with zero attached hydrogens (tertiary/aromatic N) is 1. The number of esters is 1. The molecule has 35 heavy (non-hydrogen) atoms. The quantitative estimate of drug-likeness (QED) is 0.221. The van der Waals surface area contributed by atoms with Gasteiger partial charge in [0, 0.05) is 12.5 Å². The highest BCUT2D eigenvalue weighted by Gasteiger charge is 2.16. The van der Waals surface area contributed by atoms with E-state index in [0.717, 1.165) is 5.56 Å². The van der Waals surface area contributed by atoms with Crippen molar-refractivity contribution in [2.75, 3.05) is 0 Å². The summed E-state index contributed by atoms with van der Waals surface area (Å²) in [6.45, 7) is 1.73. The summed E-state index contributed by atoms with van der Waals surface area (Å²) in [6.07, 6.45) is 1.62. The Morgan fingerprint density at radius 3 is 2.57 bits per heavy atom. The molecule has 0 bridgehead atoms. The van der Waals surface area contributed by atoms with Crippen molar-refractivity contribution in [1.29, 1.82) is 0 Å². The highest BCUT2D eigenvalue weighted by atomic mass is 19.1. The van der Waals surface area contributed by atoms with Crippen LogP contribution in [0.3, 0.4) is 0 Å². The minimum Gasteiger partial charge on any atom is -0.460 e. The lowest BCUT2D eigenvalue weighted by atomic mass is 10.0. The molecule has 5 rings (SSSR count). The van der Waals surface area contributed by atoms with E-state index < -0.39 is 11.8 Å². The molecule has 0 aliphatic rings. The number of carbonyl (C=O) groups excluding carboxylic acids is 1. The van der Waals surface area contributed by atoms with Gasteiger partial charge < -0.3 is 13.6 Å². The van der Waals surface area contributed by atoms with Gasteiger partial charge in [0.2, 0.25) is 5.43 Å². The topological polar surface area (TPSA) is 82.5 Å². The number of hydrogen-bond donors (Lipinski definition) is 0. The molecular formula is C28H20FNO5. The van der Waals surface area contributed by atoms with Gasteiger partial charge in [-0.1, -0.05) is 42.5 Å². The number of rotatable bonds is 6. The van der Waals surface area contributed by atoms with Crippen molar-refractivity contribution >= 4 is 16.9 Å². The van der Waals surface area contributed by atoms with Crippen molar-refractivity contribution in [1.82, 2.24) is 4.98 Å². The SMILES string of the molecule is Cc1oc2cc(OC(=O)CCc3ncc(-c4ccccc4F)o3)ccc2c(=O)c1-c1ccccc1.